The SMILES string of the molecule is C=CCn1c(COc2ccc(Br)cc2C(C)C)nnc1SCC(=O)Nc1cccc(Cl)c1. The zero-order chi connectivity index (χ0) is 23.1. The molecule has 0 aliphatic heterocycles. The van der Waals surface area contributed by atoms with Crippen LogP contribution in [0.2, 0.25) is 5.02 Å². The van der Waals surface area contributed by atoms with Crippen LogP contribution in [-0.4, -0.2) is 26.4 Å². The summed E-state index contributed by atoms with van der Waals surface area (Å²) in [6, 6.07) is 13.0. The molecule has 0 bridgehead atoms. The van der Waals surface area contributed by atoms with Crippen molar-refractivity contribution in [2.24, 2.45) is 0 Å². The number of carbonyl (C=O) groups excluding carboxylic acids is 1. The molecule has 6 nitrogen and oxygen atoms in total. The Morgan fingerprint density at radius 3 is 2.84 bits per heavy atom. The number of hydrogen-bond donors (Lipinski definition) is 1. The standard InChI is InChI=1S/C23H24BrClN4O2S/c1-4-10-29-21(13-31-20-9-8-16(24)11-19(20)15(2)3)27-28-23(29)32-14-22(30)26-18-7-5-6-17(25)12-18/h4-9,11-12,15H,1,10,13-14H2,2-3H3,(H,26,30). The number of nitrogens with zero attached hydrogens (tertiary/aromatic N) is 3. The molecular formula is C23H24BrClN4O2S. The number of nitrogens with one attached hydrogen (secondary N) is 1. The zero-order valence-corrected chi connectivity index (χ0v) is 21.0. The largest absolute Gasteiger partial charge is 0.485 e. The minimum absolute atomic E-state index is 0.153. The Bertz CT molecular complexity index is 1100. The molecule has 0 aliphatic carbocycles. The van der Waals surface area contributed by atoms with Gasteiger partial charge >= 0.3 is 0 Å². The average molecular weight is 536 g/mol. The molecule has 3 aromatic rings. The summed E-state index contributed by atoms with van der Waals surface area (Å²) in [5.74, 6) is 1.83. The van der Waals surface area contributed by atoms with Gasteiger partial charge in [0.15, 0.2) is 11.0 Å². The fourth-order valence-corrected chi connectivity index (χ4v) is 4.32. The minimum atomic E-state index is -0.153. The van der Waals surface area contributed by atoms with Crippen LogP contribution >= 0.6 is 39.3 Å². The Morgan fingerprint density at radius 1 is 1.31 bits per heavy atom. The maximum absolute atomic E-state index is 12.3. The van der Waals surface area contributed by atoms with Crippen LogP contribution in [0.25, 0.3) is 0 Å². The molecule has 0 unspecified atom stereocenters. The Kier molecular flexibility index (Phi) is 8.78. The van der Waals surface area contributed by atoms with Crippen molar-refractivity contribution in [3.8, 4) is 5.75 Å². The number of amides is 1. The molecule has 0 aliphatic rings. The van der Waals surface area contributed by atoms with Crippen molar-refractivity contribution in [2.75, 3.05) is 11.1 Å². The lowest BCUT2D eigenvalue weighted by atomic mass is 10.0. The van der Waals surface area contributed by atoms with Gasteiger partial charge in [-0.05, 0) is 47.9 Å². The lowest BCUT2D eigenvalue weighted by Gasteiger charge is -2.15. The van der Waals surface area contributed by atoms with Crippen LogP contribution in [0.5, 0.6) is 5.75 Å². The third-order valence-corrected chi connectivity index (χ3v) is 6.19. The maximum atomic E-state index is 12.3. The quantitative estimate of drug-likeness (QED) is 0.243. The molecular weight excluding hydrogens is 512 g/mol. The van der Waals surface area contributed by atoms with Gasteiger partial charge < -0.3 is 10.1 Å². The molecule has 1 N–H and O–H groups in total. The first kappa shape index (κ1) is 24.4. The highest BCUT2D eigenvalue weighted by molar-refractivity contribution is 9.10. The van der Waals surface area contributed by atoms with Crippen LogP contribution < -0.4 is 10.1 Å². The molecule has 0 spiro atoms. The fourth-order valence-electron chi connectivity index (χ4n) is 2.98. The van der Waals surface area contributed by atoms with E-state index >= 15 is 0 Å². The van der Waals surface area contributed by atoms with E-state index in [0.717, 1.165) is 15.8 Å². The second-order valence-corrected chi connectivity index (χ2v) is 9.57. The maximum Gasteiger partial charge on any atom is 0.234 e. The van der Waals surface area contributed by atoms with E-state index in [1.54, 1.807) is 30.3 Å². The van der Waals surface area contributed by atoms with E-state index in [1.807, 2.05) is 16.7 Å². The van der Waals surface area contributed by atoms with E-state index in [-0.39, 0.29) is 18.3 Å². The van der Waals surface area contributed by atoms with Crippen molar-refractivity contribution in [3.63, 3.8) is 0 Å². The van der Waals surface area contributed by atoms with E-state index in [4.69, 9.17) is 16.3 Å². The molecule has 0 fully saturated rings. The van der Waals surface area contributed by atoms with Crippen molar-refractivity contribution in [1.82, 2.24) is 14.8 Å². The van der Waals surface area contributed by atoms with Crippen molar-refractivity contribution in [2.45, 2.75) is 38.1 Å². The Hall–Kier alpha value is -2.29. The number of hydrogen-bond acceptors (Lipinski definition) is 5. The Balaban J connectivity index is 1.66. The van der Waals surface area contributed by atoms with Crippen LogP contribution in [0, 0.1) is 0 Å². The molecule has 0 saturated heterocycles. The molecule has 0 saturated carbocycles. The van der Waals surface area contributed by atoms with E-state index in [2.05, 4.69) is 57.9 Å². The van der Waals surface area contributed by atoms with Gasteiger partial charge in [0.2, 0.25) is 5.91 Å². The molecule has 1 amide bonds. The lowest BCUT2D eigenvalue weighted by Crippen LogP contribution is -2.15. The number of allylic oxidation sites excluding steroid dienone is 1. The first-order valence-electron chi connectivity index (χ1n) is 10.0. The third kappa shape index (κ3) is 6.60. The number of aromatic nitrogens is 3. The summed E-state index contributed by atoms with van der Waals surface area (Å²) >= 11 is 10.8. The predicted molar refractivity (Wildman–Crippen MR) is 134 cm³/mol. The van der Waals surface area contributed by atoms with Gasteiger partial charge in [-0.3, -0.25) is 9.36 Å². The average Bonchev–Trinajstić information content (AvgIpc) is 3.13. The number of rotatable bonds is 10. The second-order valence-electron chi connectivity index (χ2n) is 7.27. The van der Waals surface area contributed by atoms with Crippen molar-refractivity contribution < 1.29 is 9.53 Å². The minimum Gasteiger partial charge on any atom is -0.485 e. The smallest absolute Gasteiger partial charge is 0.234 e. The molecule has 3 rings (SSSR count). The van der Waals surface area contributed by atoms with Crippen molar-refractivity contribution in [1.29, 1.82) is 0 Å². The molecule has 2 aromatic carbocycles. The Labute approximate surface area is 205 Å². The predicted octanol–water partition coefficient (Wildman–Crippen LogP) is 6.31. The summed E-state index contributed by atoms with van der Waals surface area (Å²) in [6.07, 6.45) is 1.77. The van der Waals surface area contributed by atoms with E-state index < -0.39 is 0 Å². The topological polar surface area (TPSA) is 69.0 Å². The van der Waals surface area contributed by atoms with Crippen molar-refractivity contribution >= 4 is 50.9 Å². The van der Waals surface area contributed by atoms with Gasteiger partial charge in [0.1, 0.15) is 12.4 Å². The number of anilines is 1. The normalized spacial score (nSPS) is 10.9. The molecule has 168 valence electrons. The van der Waals surface area contributed by atoms with E-state index in [1.165, 1.54) is 11.8 Å². The van der Waals surface area contributed by atoms with E-state index in [9.17, 15) is 4.79 Å². The first-order valence-corrected chi connectivity index (χ1v) is 12.2. The fraction of sp³-hybridized carbons (Fsp3) is 0.261. The second kappa shape index (κ2) is 11.5. The molecule has 1 aromatic heterocycles. The summed E-state index contributed by atoms with van der Waals surface area (Å²) in [5.41, 5.74) is 1.77. The zero-order valence-electron chi connectivity index (χ0n) is 17.8. The van der Waals surface area contributed by atoms with Gasteiger partial charge in [0.05, 0.1) is 5.75 Å². The number of halogens is 2. The van der Waals surface area contributed by atoms with Crippen LogP contribution in [0.4, 0.5) is 5.69 Å². The number of carbonyl (C=O) groups is 1. The third-order valence-electron chi connectivity index (χ3n) is 4.50. The van der Waals surface area contributed by atoms with Gasteiger partial charge in [-0.1, -0.05) is 65.3 Å². The highest BCUT2D eigenvalue weighted by Gasteiger charge is 2.16. The van der Waals surface area contributed by atoms with Crippen LogP contribution in [0.3, 0.4) is 0 Å². The van der Waals surface area contributed by atoms with Crippen LogP contribution in [-0.2, 0) is 17.9 Å². The number of ether oxygens (including phenoxy) is 1. The van der Waals surface area contributed by atoms with Crippen LogP contribution in [0.1, 0.15) is 31.2 Å². The first-order chi connectivity index (χ1) is 15.4. The summed E-state index contributed by atoms with van der Waals surface area (Å²) in [4.78, 5) is 12.3. The molecule has 0 atom stereocenters. The monoisotopic (exact) mass is 534 g/mol. The van der Waals surface area contributed by atoms with Gasteiger partial charge in [0, 0.05) is 21.7 Å². The van der Waals surface area contributed by atoms with Gasteiger partial charge in [-0.15, -0.1) is 16.8 Å². The highest BCUT2D eigenvalue weighted by atomic mass is 79.9. The van der Waals surface area contributed by atoms with E-state index in [0.29, 0.717) is 34.2 Å². The molecule has 0 radical (unpaired) electrons. The van der Waals surface area contributed by atoms with Gasteiger partial charge in [-0.2, -0.15) is 0 Å². The highest BCUT2D eigenvalue weighted by Crippen LogP contribution is 2.30. The number of thioether (sulfide) groups is 1. The Morgan fingerprint density at radius 2 is 2.12 bits per heavy atom. The molecule has 32 heavy (non-hydrogen) atoms. The summed E-state index contributed by atoms with van der Waals surface area (Å²) in [5, 5.41) is 12.6. The summed E-state index contributed by atoms with van der Waals surface area (Å²) in [7, 11) is 0. The van der Waals surface area contributed by atoms with Gasteiger partial charge in [0.25, 0.3) is 0 Å². The van der Waals surface area contributed by atoms with Crippen molar-refractivity contribution in [3.05, 3.63) is 76.0 Å². The van der Waals surface area contributed by atoms with Gasteiger partial charge in [-0.25, -0.2) is 0 Å². The molecule has 1 heterocycles. The summed E-state index contributed by atoms with van der Waals surface area (Å²) < 4.78 is 8.99. The summed E-state index contributed by atoms with van der Waals surface area (Å²) in [6.45, 7) is 8.84. The van der Waals surface area contributed by atoms with Crippen LogP contribution in [0.15, 0.2) is 64.7 Å². The lowest BCUT2D eigenvalue weighted by molar-refractivity contribution is -0.113. The number of benzene rings is 2. The molecule has 9 heteroatoms.